The molecule has 30 heavy (non-hydrogen) atoms. The summed E-state index contributed by atoms with van der Waals surface area (Å²) >= 11 is 1.50. The van der Waals surface area contributed by atoms with Crippen molar-refractivity contribution in [2.45, 2.75) is 32.6 Å². The maximum atomic E-state index is 12.7. The molecule has 5 nitrogen and oxygen atoms in total. The van der Waals surface area contributed by atoms with Crippen LogP contribution in [-0.4, -0.2) is 54.4 Å². The highest BCUT2D eigenvalue weighted by atomic mass is 32.1. The maximum Gasteiger partial charge on any atom is 0.263 e. The van der Waals surface area contributed by atoms with Crippen LogP contribution in [0.1, 0.15) is 52.6 Å². The highest BCUT2D eigenvalue weighted by molar-refractivity contribution is 7.12. The normalized spacial score (nSPS) is 20.2. The molecule has 2 fully saturated rings. The topological polar surface area (TPSA) is 49.9 Å². The molecular weight excluding hydrogens is 396 g/mol. The summed E-state index contributed by atoms with van der Waals surface area (Å²) in [6.07, 6.45) is 4.24. The standard InChI is InChI=1S/C24H30N2O3S/c1-18-10-13-25(14-11-18)23(27)20-6-8-21(9-7-20)29-17-19-4-2-12-26(16-19)24(28)22-5-3-15-30-22/h3,5-9,15,18-19H,2,4,10-14,16-17H2,1H3. The minimum absolute atomic E-state index is 0.114. The van der Waals surface area contributed by atoms with E-state index in [1.165, 1.54) is 11.3 Å². The third-order valence-corrected chi connectivity index (χ3v) is 7.05. The Hall–Kier alpha value is -2.34. The quantitative estimate of drug-likeness (QED) is 0.705. The Morgan fingerprint density at radius 1 is 1.00 bits per heavy atom. The number of amides is 2. The van der Waals surface area contributed by atoms with Gasteiger partial charge in [0.1, 0.15) is 5.75 Å². The Balaban J connectivity index is 1.27. The number of likely N-dealkylation sites (tertiary alicyclic amines) is 2. The van der Waals surface area contributed by atoms with Crippen molar-refractivity contribution in [2.75, 3.05) is 32.8 Å². The molecule has 160 valence electrons. The van der Waals surface area contributed by atoms with Crippen LogP contribution < -0.4 is 4.74 Å². The lowest BCUT2D eigenvalue weighted by atomic mass is 9.98. The summed E-state index contributed by atoms with van der Waals surface area (Å²) in [4.78, 5) is 30.0. The van der Waals surface area contributed by atoms with Crippen molar-refractivity contribution in [3.63, 3.8) is 0 Å². The molecule has 0 spiro atoms. The highest BCUT2D eigenvalue weighted by Crippen LogP contribution is 2.23. The third kappa shape index (κ3) is 5.04. The SMILES string of the molecule is CC1CCN(C(=O)c2ccc(OCC3CCCN(C(=O)c4cccs4)C3)cc2)CC1. The summed E-state index contributed by atoms with van der Waals surface area (Å²) in [7, 11) is 0. The number of thiophene rings is 1. The molecule has 0 radical (unpaired) electrons. The van der Waals surface area contributed by atoms with Crippen LogP contribution in [0.4, 0.5) is 0 Å². The molecule has 6 heteroatoms. The molecule has 2 amide bonds. The van der Waals surface area contributed by atoms with E-state index in [0.717, 1.165) is 68.1 Å². The number of hydrogen-bond acceptors (Lipinski definition) is 4. The number of carbonyl (C=O) groups excluding carboxylic acids is 2. The molecule has 0 aliphatic carbocycles. The molecule has 2 aliphatic heterocycles. The lowest BCUT2D eigenvalue weighted by Gasteiger charge is -2.32. The first-order chi connectivity index (χ1) is 14.6. The Morgan fingerprint density at radius 2 is 1.77 bits per heavy atom. The summed E-state index contributed by atoms with van der Waals surface area (Å²) in [6, 6.07) is 11.3. The minimum atomic E-state index is 0.114. The predicted molar refractivity (Wildman–Crippen MR) is 119 cm³/mol. The fraction of sp³-hybridized carbons (Fsp3) is 0.500. The van der Waals surface area contributed by atoms with E-state index >= 15 is 0 Å². The number of benzene rings is 1. The first-order valence-electron chi connectivity index (χ1n) is 10.9. The summed E-state index contributed by atoms with van der Waals surface area (Å²) in [5.74, 6) is 2.06. The zero-order valence-corrected chi connectivity index (χ0v) is 18.4. The van der Waals surface area contributed by atoms with Crippen molar-refractivity contribution in [3.05, 3.63) is 52.2 Å². The van der Waals surface area contributed by atoms with Crippen LogP contribution in [0.2, 0.25) is 0 Å². The second-order valence-electron chi connectivity index (χ2n) is 8.55. The Labute approximate surface area is 182 Å². The van der Waals surface area contributed by atoms with E-state index in [-0.39, 0.29) is 11.8 Å². The van der Waals surface area contributed by atoms with E-state index in [2.05, 4.69) is 6.92 Å². The van der Waals surface area contributed by atoms with Crippen molar-refractivity contribution >= 4 is 23.2 Å². The number of ether oxygens (including phenoxy) is 1. The van der Waals surface area contributed by atoms with Crippen molar-refractivity contribution in [1.29, 1.82) is 0 Å². The van der Waals surface area contributed by atoms with E-state index < -0.39 is 0 Å². The smallest absolute Gasteiger partial charge is 0.263 e. The van der Waals surface area contributed by atoms with E-state index in [1.807, 2.05) is 51.6 Å². The van der Waals surface area contributed by atoms with E-state index in [1.54, 1.807) is 0 Å². The van der Waals surface area contributed by atoms with Gasteiger partial charge in [-0.3, -0.25) is 9.59 Å². The minimum Gasteiger partial charge on any atom is -0.493 e. The Bertz CT molecular complexity index is 842. The monoisotopic (exact) mass is 426 g/mol. The van der Waals surface area contributed by atoms with Gasteiger partial charge in [-0.2, -0.15) is 0 Å². The molecule has 1 atom stereocenters. The lowest BCUT2D eigenvalue weighted by Crippen LogP contribution is -2.41. The van der Waals surface area contributed by atoms with Crippen LogP contribution in [0.15, 0.2) is 41.8 Å². The summed E-state index contributed by atoms with van der Waals surface area (Å²) in [5.41, 5.74) is 0.724. The number of nitrogens with zero attached hydrogens (tertiary/aromatic N) is 2. The molecule has 2 saturated heterocycles. The first-order valence-corrected chi connectivity index (χ1v) is 11.8. The van der Waals surface area contributed by atoms with Crippen LogP contribution in [0.3, 0.4) is 0 Å². The van der Waals surface area contributed by atoms with Gasteiger partial charge < -0.3 is 14.5 Å². The summed E-state index contributed by atoms with van der Waals surface area (Å²) < 4.78 is 6.00. The van der Waals surface area contributed by atoms with Gasteiger partial charge in [0.15, 0.2) is 0 Å². The number of carbonyl (C=O) groups is 2. The third-order valence-electron chi connectivity index (χ3n) is 6.20. The molecule has 4 rings (SSSR count). The van der Waals surface area contributed by atoms with Gasteiger partial charge in [-0.1, -0.05) is 13.0 Å². The largest absolute Gasteiger partial charge is 0.493 e. The molecule has 2 aliphatic rings. The van der Waals surface area contributed by atoms with Gasteiger partial charge in [-0.05, 0) is 67.3 Å². The molecule has 2 aromatic rings. The second kappa shape index (κ2) is 9.65. The van der Waals surface area contributed by atoms with Crippen LogP contribution in [0.25, 0.3) is 0 Å². The van der Waals surface area contributed by atoms with Crippen molar-refractivity contribution in [2.24, 2.45) is 11.8 Å². The molecule has 0 saturated carbocycles. The number of rotatable bonds is 5. The van der Waals surface area contributed by atoms with Gasteiger partial charge in [0.05, 0.1) is 11.5 Å². The van der Waals surface area contributed by atoms with E-state index in [9.17, 15) is 9.59 Å². The molecule has 0 N–H and O–H groups in total. The maximum absolute atomic E-state index is 12.7. The van der Waals surface area contributed by atoms with Crippen molar-refractivity contribution in [3.8, 4) is 5.75 Å². The Kier molecular flexibility index (Phi) is 6.72. The lowest BCUT2D eigenvalue weighted by molar-refractivity contribution is 0.0638. The van der Waals surface area contributed by atoms with Gasteiger partial charge in [-0.15, -0.1) is 11.3 Å². The van der Waals surface area contributed by atoms with Crippen molar-refractivity contribution < 1.29 is 14.3 Å². The van der Waals surface area contributed by atoms with Gasteiger partial charge in [0, 0.05) is 37.7 Å². The predicted octanol–water partition coefficient (Wildman–Crippen LogP) is 4.55. The van der Waals surface area contributed by atoms with Crippen LogP contribution in [0.5, 0.6) is 5.75 Å². The Morgan fingerprint density at radius 3 is 2.47 bits per heavy atom. The fourth-order valence-corrected chi connectivity index (χ4v) is 4.93. The highest BCUT2D eigenvalue weighted by Gasteiger charge is 2.25. The molecule has 1 aromatic carbocycles. The van der Waals surface area contributed by atoms with E-state index in [4.69, 9.17) is 4.74 Å². The first kappa shape index (κ1) is 20.9. The van der Waals surface area contributed by atoms with Gasteiger partial charge in [0.25, 0.3) is 11.8 Å². The van der Waals surface area contributed by atoms with Gasteiger partial charge in [-0.25, -0.2) is 0 Å². The van der Waals surface area contributed by atoms with Crippen molar-refractivity contribution in [1.82, 2.24) is 9.80 Å². The average molecular weight is 427 g/mol. The molecule has 3 heterocycles. The van der Waals surface area contributed by atoms with Gasteiger partial charge >= 0.3 is 0 Å². The number of hydrogen-bond donors (Lipinski definition) is 0. The van der Waals surface area contributed by atoms with E-state index in [0.29, 0.717) is 18.4 Å². The molecular formula is C24H30N2O3S. The molecule has 1 unspecified atom stereocenters. The van der Waals surface area contributed by atoms with Crippen LogP contribution in [-0.2, 0) is 0 Å². The summed E-state index contributed by atoms with van der Waals surface area (Å²) in [5, 5.41) is 1.94. The molecule has 0 bridgehead atoms. The molecule has 1 aromatic heterocycles. The van der Waals surface area contributed by atoms with Crippen LogP contribution >= 0.6 is 11.3 Å². The van der Waals surface area contributed by atoms with Gasteiger partial charge in [0.2, 0.25) is 0 Å². The zero-order valence-electron chi connectivity index (χ0n) is 17.6. The number of piperidine rings is 2. The fourth-order valence-electron chi connectivity index (χ4n) is 4.24. The average Bonchev–Trinajstić information content (AvgIpc) is 3.33. The summed E-state index contributed by atoms with van der Waals surface area (Å²) in [6.45, 7) is 6.09. The van der Waals surface area contributed by atoms with Crippen LogP contribution in [0, 0.1) is 11.8 Å². The zero-order chi connectivity index (χ0) is 20.9. The second-order valence-corrected chi connectivity index (χ2v) is 9.49.